The van der Waals surface area contributed by atoms with Gasteiger partial charge in [0.2, 0.25) is 5.91 Å². The molecule has 0 bridgehead atoms. The Kier molecular flexibility index (Phi) is 5.88. The van der Waals surface area contributed by atoms with Gasteiger partial charge in [-0.15, -0.1) is 0 Å². The third kappa shape index (κ3) is 4.88. The van der Waals surface area contributed by atoms with Gasteiger partial charge in [-0.25, -0.2) is 4.79 Å². The van der Waals surface area contributed by atoms with E-state index >= 15 is 0 Å². The second kappa shape index (κ2) is 8.00. The summed E-state index contributed by atoms with van der Waals surface area (Å²) in [7, 11) is 0. The Morgan fingerprint density at radius 3 is 2.33 bits per heavy atom. The van der Waals surface area contributed by atoms with Crippen LogP contribution in [0.25, 0.3) is 0 Å². The molecule has 3 rings (SSSR count). The highest BCUT2D eigenvalue weighted by atomic mass is 35.5. The van der Waals surface area contributed by atoms with E-state index < -0.39 is 0 Å². The third-order valence-electron chi connectivity index (χ3n) is 5.06. The maximum absolute atomic E-state index is 12.4. The van der Waals surface area contributed by atoms with Gasteiger partial charge in [-0.3, -0.25) is 4.79 Å². The number of carbonyl (C=O) groups is 2. The highest BCUT2D eigenvalue weighted by Gasteiger charge is 2.47. The summed E-state index contributed by atoms with van der Waals surface area (Å²) in [6.07, 6.45) is 1.95. The standard InChI is InChI=1S/C20H23Cl2N3O2/c1-14(3-4-15-5-6-16(21)17(22)13-15)23-19(27)25-11-9-24(10-12-25)18(26)20(2)7-8-20/h5-6,13-14H,7-12H2,1-2H3,(H,23,27). The molecule has 1 aromatic rings. The summed E-state index contributed by atoms with van der Waals surface area (Å²) < 4.78 is 0. The van der Waals surface area contributed by atoms with Crippen molar-refractivity contribution in [3.05, 3.63) is 33.8 Å². The number of piperazine rings is 1. The summed E-state index contributed by atoms with van der Waals surface area (Å²) in [5.41, 5.74) is 0.588. The van der Waals surface area contributed by atoms with Gasteiger partial charge in [0, 0.05) is 37.2 Å². The third-order valence-corrected chi connectivity index (χ3v) is 5.80. The van der Waals surface area contributed by atoms with Gasteiger partial charge < -0.3 is 15.1 Å². The zero-order valence-electron chi connectivity index (χ0n) is 15.5. The van der Waals surface area contributed by atoms with Crippen molar-refractivity contribution < 1.29 is 9.59 Å². The normalized spacial score (nSPS) is 19.0. The molecule has 1 unspecified atom stereocenters. The lowest BCUT2D eigenvalue weighted by atomic mass is 10.1. The van der Waals surface area contributed by atoms with Crippen LogP contribution in [0.1, 0.15) is 32.3 Å². The summed E-state index contributed by atoms with van der Waals surface area (Å²) in [5, 5.41) is 3.82. The fourth-order valence-corrected chi connectivity index (χ4v) is 3.27. The van der Waals surface area contributed by atoms with Crippen molar-refractivity contribution in [3.8, 4) is 11.8 Å². The average molecular weight is 408 g/mol. The molecular weight excluding hydrogens is 385 g/mol. The Hall–Kier alpha value is -1.90. The summed E-state index contributed by atoms with van der Waals surface area (Å²) in [5.74, 6) is 6.21. The van der Waals surface area contributed by atoms with E-state index in [-0.39, 0.29) is 23.4 Å². The van der Waals surface area contributed by atoms with Gasteiger partial charge in [0.05, 0.1) is 16.1 Å². The number of nitrogens with one attached hydrogen (secondary N) is 1. The van der Waals surface area contributed by atoms with E-state index in [1.54, 1.807) is 23.1 Å². The van der Waals surface area contributed by atoms with Crippen molar-refractivity contribution in [1.29, 1.82) is 0 Å². The highest BCUT2D eigenvalue weighted by Crippen LogP contribution is 2.46. The lowest BCUT2D eigenvalue weighted by Crippen LogP contribution is -2.55. The Balaban J connectivity index is 1.48. The van der Waals surface area contributed by atoms with Crippen LogP contribution in [0, 0.1) is 17.3 Å². The van der Waals surface area contributed by atoms with E-state index in [1.165, 1.54) is 0 Å². The Labute approximate surface area is 170 Å². The smallest absolute Gasteiger partial charge is 0.318 e. The second-order valence-electron chi connectivity index (χ2n) is 7.41. The van der Waals surface area contributed by atoms with E-state index in [9.17, 15) is 9.59 Å². The molecule has 144 valence electrons. The largest absolute Gasteiger partial charge is 0.339 e. The first-order valence-electron chi connectivity index (χ1n) is 9.10. The van der Waals surface area contributed by atoms with E-state index in [1.807, 2.05) is 18.7 Å². The van der Waals surface area contributed by atoms with Crippen LogP contribution < -0.4 is 5.32 Å². The van der Waals surface area contributed by atoms with Gasteiger partial charge in [0.1, 0.15) is 0 Å². The van der Waals surface area contributed by atoms with Gasteiger partial charge in [-0.1, -0.05) is 42.0 Å². The predicted molar refractivity (Wildman–Crippen MR) is 107 cm³/mol. The molecule has 1 aromatic carbocycles. The molecule has 1 atom stereocenters. The summed E-state index contributed by atoms with van der Waals surface area (Å²) in [6, 6.07) is 4.71. The molecule has 1 saturated heterocycles. The summed E-state index contributed by atoms with van der Waals surface area (Å²) in [6.45, 7) is 6.11. The molecule has 1 saturated carbocycles. The van der Waals surface area contributed by atoms with Crippen molar-refractivity contribution in [1.82, 2.24) is 15.1 Å². The molecule has 1 heterocycles. The molecule has 1 aliphatic carbocycles. The first kappa shape index (κ1) is 19.9. The van der Waals surface area contributed by atoms with Crippen molar-refractivity contribution >= 4 is 35.1 Å². The van der Waals surface area contributed by atoms with Gasteiger partial charge in [-0.05, 0) is 38.0 Å². The van der Waals surface area contributed by atoms with Crippen molar-refractivity contribution in [2.24, 2.45) is 5.41 Å². The van der Waals surface area contributed by atoms with Gasteiger partial charge in [0.25, 0.3) is 0 Å². The van der Waals surface area contributed by atoms with Crippen molar-refractivity contribution in [3.63, 3.8) is 0 Å². The summed E-state index contributed by atoms with van der Waals surface area (Å²) >= 11 is 11.9. The number of halogens is 2. The predicted octanol–water partition coefficient (Wildman–Crippen LogP) is 3.39. The maximum atomic E-state index is 12.4. The first-order valence-corrected chi connectivity index (χ1v) is 9.85. The van der Waals surface area contributed by atoms with Crippen LogP contribution >= 0.6 is 23.2 Å². The second-order valence-corrected chi connectivity index (χ2v) is 8.22. The number of benzene rings is 1. The summed E-state index contributed by atoms with van der Waals surface area (Å²) in [4.78, 5) is 28.4. The first-order chi connectivity index (χ1) is 12.8. The fourth-order valence-electron chi connectivity index (χ4n) is 2.97. The van der Waals surface area contributed by atoms with E-state index in [2.05, 4.69) is 17.2 Å². The quantitative estimate of drug-likeness (QED) is 0.763. The molecule has 1 N–H and O–H groups in total. The zero-order valence-corrected chi connectivity index (χ0v) is 17.0. The molecule has 1 aliphatic heterocycles. The van der Waals surface area contributed by atoms with Crippen LogP contribution in [0.2, 0.25) is 10.0 Å². The van der Waals surface area contributed by atoms with E-state index in [4.69, 9.17) is 23.2 Å². The Bertz CT molecular complexity index is 803. The Morgan fingerprint density at radius 1 is 1.11 bits per heavy atom. The van der Waals surface area contributed by atoms with Crippen LogP contribution in [0.4, 0.5) is 4.79 Å². The maximum Gasteiger partial charge on any atom is 0.318 e. The fraction of sp³-hybridized carbons (Fsp3) is 0.500. The lowest BCUT2D eigenvalue weighted by molar-refractivity contribution is -0.137. The average Bonchev–Trinajstić information content (AvgIpc) is 3.41. The Morgan fingerprint density at radius 2 is 1.74 bits per heavy atom. The van der Waals surface area contributed by atoms with Crippen LogP contribution in [0.5, 0.6) is 0 Å². The van der Waals surface area contributed by atoms with E-state index in [0.29, 0.717) is 36.2 Å². The molecule has 0 aromatic heterocycles. The SMILES string of the molecule is CC(C#Cc1ccc(Cl)c(Cl)c1)NC(=O)N1CCN(C(=O)C2(C)CC2)CC1. The van der Waals surface area contributed by atoms with Gasteiger partial charge >= 0.3 is 6.03 Å². The molecule has 0 spiro atoms. The minimum atomic E-state index is -0.308. The van der Waals surface area contributed by atoms with Crippen molar-refractivity contribution in [2.45, 2.75) is 32.7 Å². The lowest BCUT2D eigenvalue weighted by Gasteiger charge is -2.36. The van der Waals surface area contributed by atoms with Crippen LogP contribution in [0.3, 0.4) is 0 Å². The molecule has 5 nitrogen and oxygen atoms in total. The molecule has 2 aliphatic rings. The van der Waals surface area contributed by atoms with E-state index in [0.717, 1.165) is 18.4 Å². The molecule has 7 heteroatoms. The molecule has 0 radical (unpaired) electrons. The monoisotopic (exact) mass is 407 g/mol. The van der Waals surface area contributed by atoms with Crippen LogP contribution in [-0.4, -0.2) is 54.0 Å². The minimum absolute atomic E-state index is 0.154. The molecule has 27 heavy (non-hydrogen) atoms. The topological polar surface area (TPSA) is 52.7 Å². The number of amides is 3. The van der Waals surface area contributed by atoms with Crippen LogP contribution in [-0.2, 0) is 4.79 Å². The molecule has 2 fully saturated rings. The minimum Gasteiger partial charge on any atom is -0.339 e. The number of urea groups is 1. The van der Waals surface area contributed by atoms with Crippen LogP contribution in [0.15, 0.2) is 18.2 Å². The number of carbonyl (C=O) groups excluding carboxylic acids is 2. The van der Waals surface area contributed by atoms with Gasteiger partial charge in [-0.2, -0.15) is 0 Å². The van der Waals surface area contributed by atoms with Gasteiger partial charge in [0.15, 0.2) is 0 Å². The number of hydrogen-bond donors (Lipinski definition) is 1. The molecular formula is C20H23Cl2N3O2. The zero-order chi connectivity index (χ0) is 19.6. The molecule has 3 amide bonds. The number of rotatable bonds is 2. The highest BCUT2D eigenvalue weighted by molar-refractivity contribution is 6.42. The number of nitrogens with zero attached hydrogens (tertiary/aromatic N) is 2. The van der Waals surface area contributed by atoms with Crippen molar-refractivity contribution in [2.75, 3.05) is 26.2 Å². The number of hydrogen-bond acceptors (Lipinski definition) is 2.